The molecule has 226 valence electrons. The Kier molecular flexibility index (Phi) is 7.46. The first-order chi connectivity index (χ1) is 23.6. The smallest absolute Gasteiger partial charge is 0.172 e. The molecule has 0 atom stereocenters. The summed E-state index contributed by atoms with van der Waals surface area (Å²) in [7, 11) is -3.44. The fourth-order valence-corrected chi connectivity index (χ4v) is 9.63. The Hall–Kier alpha value is -6.14. The van der Waals surface area contributed by atoms with Gasteiger partial charge in [0.1, 0.15) is 0 Å². The van der Waals surface area contributed by atoms with Crippen LogP contribution in [0.1, 0.15) is 5.56 Å². The van der Waals surface area contributed by atoms with Gasteiger partial charge in [-0.25, -0.2) is 9.97 Å². The molecule has 1 heterocycles. The first kappa shape index (κ1) is 29.3. The van der Waals surface area contributed by atoms with Crippen molar-refractivity contribution in [2.24, 2.45) is 0 Å². The number of nitriles is 1. The van der Waals surface area contributed by atoms with E-state index in [4.69, 9.17) is 9.97 Å². The summed E-state index contributed by atoms with van der Waals surface area (Å²) in [5, 5.41) is 15.6. The number of aromatic nitrogens is 2. The molecule has 0 aliphatic carbocycles. The highest BCUT2D eigenvalue weighted by Crippen LogP contribution is 2.49. The highest BCUT2D eigenvalue weighted by Gasteiger charge is 2.34. The Balaban J connectivity index is 1.54. The van der Waals surface area contributed by atoms with Gasteiger partial charge in [0.2, 0.25) is 0 Å². The standard InChI is InChI=1S/C43H28N3OP/c44-29-30-25-26-37-38(27-30)41(43-45-39(31-15-5-1-6-16-31)28-40(46-43)32-17-7-2-8-18-32)35-23-13-14-24-36(35)42(37)48(47,33-19-9-3-10-20-33)34-21-11-4-12-22-34/h1-28H. The van der Waals surface area contributed by atoms with Gasteiger partial charge in [-0.3, -0.25) is 0 Å². The van der Waals surface area contributed by atoms with Gasteiger partial charge in [0, 0.05) is 32.6 Å². The Morgan fingerprint density at radius 1 is 0.479 bits per heavy atom. The molecule has 1 aromatic heterocycles. The van der Waals surface area contributed by atoms with Crippen LogP contribution < -0.4 is 15.9 Å². The molecule has 8 aromatic rings. The fourth-order valence-electron chi connectivity index (χ4n) is 6.56. The Bertz CT molecular complexity index is 2430. The molecule has 0 unspecified atom stereocenters. The summed E-state index contributed by atoms with van der Waals surface area (Å²) in [5.74, 6) is 0.535. The van der Waals surface area contributed by atoms with Crippen molar-refractivity contribution < 1.29 is 4.57 Å². The third kappa shape index (κ3) is 4.99. The molecule has 0 bridgehead atoms. The third-order valence-electron chi connectivity index (χ3n) is 8.77. The average Bonchev–Trinajstić information content (AvgIpc) is 3.17. The molecule has 0 N–H and O–H groups in total. The maximum atomic E-state index is 16.0. The van der Waals surface area contributed by atoms with Crippen LogP contribution >= 0.6 is 7.14 Å². The van der Waals surface area contributed by atoms with Crippen LogP contribution in [0.2, 0.25) is 0 Å². The molecule has 0 saturated carbocycles. The normalized spacial score (nSPS) is 11.4. The van der Waals surface area contributed by atoms with E-state index in [0.29, 0.717) is 11.4 Å². The second-order valence-corrected chi connectivity index (χ2v) is 14.3. The van der Waals surface area contributed by atoms with Crippen LogP contribution in [-0.4, -0.2) is 9.97 Å². The summed E-state index contributed by atoms with van der Waals surface area (Å²) >= 11 is 0. The molecule has 0 aliphatic rings. The number of hydrogen-bond acceptors (Lipinski definition) is 4. The van der Waals surface area contributed by atoms with E-state index in [-0.39, 0.29) is 0 Å². The van der Waals surface area contributed by atoms with Gasteiger partial charge in [-0.2, -0.15) is 5.26 Å². The number of rotatable bonds is 6. The molecule has 0 amide bonds. The summed E-state index contributed by atoms with van der Waals surface area (Å²) in [6, 6.07) is 57.7. The minimum absolute atomic E-state index is 0.502. The van der Waals surface area contributed by atoms with Crippen molar-refractivity contribution in [3.05, 3.63) is 175 Å². The van der Waals surface area contributed by atoms with Crippen LogP contribution in [0.5, 0.6) is 0 Å². The molecule has 0 aliphatic heterocycles. The Morgan fingerprint density at radius 3 is 1.46 bits per heavy atom. The molecular weight excluding hydrogens is 605 g/mol. The van der Waals surface area contributed by atoms with E-state index in [2.05, 4.69) is 6.07 Å². The first-order valence-corrected chi connectivity index (χ1v) is 17.5. The molecule has 8 rings (SSSR count). The second-order valence-electron chi connectivity index (χ2n) is 11.6. The largest absolute Gasteiger partial charge is 0.309 e. The lowest BCUT2D eigenvalue weighted by atomic mass is 9.94. The van der Waals surface area contributed by atoms with Gasteiger partial charge in [0.15, 0.2) is 13.0 Å². The summed E-state index contributed by atoms with van der Waals surface area (Å²) in [5.41, 5.74) is 4.82. The lowest BCUT2D eigenvalue weighted by Crippen LogP contribution is -2.26. The predicted molar refractivity (Wildman–Crippen MR) is 197 cm³/mol. The van der Waals surface area contributed by atoms with Crippen LogP contribution in [0.15, 0.2) is 170 Å². The van der Waals surface area contributed by atoms with Gasteiger partial charge in [-0.1, -0.05) is 152 Å². The maximum Gasteiger partial charge on any atom is 0.172 e. The summed E-state index contributed by atoms with van der Waals surface area (Å²) in [4.78, 5) is 10.4. The quantitative estimate of drug-likeness (QED) is 0.135. The van der Waals surface area contributed by atoms with Crippen molar-refractivity contribution in [1.82, 2.24) is 9.97 Å². The van der Waals surface area contributed by atoms with E-state index in [9.17, 15) is 5.26 Å². The molecular formula is C43H28N3OP. The monoisotopic (exact) mass is 633 g/mol. The number of hydrogen-bond donors (Lipinski definition) is 0. The third-order valence-corrected chi connectivity index (χ3v) is 11.9. The van der Waals surface area contributed by atoms with Crippen LogP contribution in [0, 0.1) is 11.3 Å². The van der Waals surface area contributed by atoms with Gasteiger partial charge in [-0.15, -0.1) is 0 Å². The van der Waals surface area contributed by atoms with Crippen LogP contribution in [0.4, 0.5) is 0 Å². The highest BCUT2D eigenvalue weighted by atomic mass is 31.2. The van der Waals surface area contributed by atoms with Crippen molar-refractivity contribution in [2.45, 2.75) is 0 Å². The maximum absolute atomic E-state index is 16.0. The number of fused-ring (bicyclic) bond motifs is 2. The zero-order chi connectivity index (χ0) is 32.5. The van der Waals surface area contributed by atoms with Crippen molar-refractivity contribution >= 4 is 44.6 Å². The molecule has 5 heteroatoms. The minimum atomic E-state index is -3.44. The van der Waals surface area contributed by atoms with E-state index in [1.165, 1.54) is 0 Å². The zero-order valence-corrected chi connectivity index (χ0v) is 26.8. The zero-order valence-electron chi connectivity index (χ0n) is 25.9. The fraction of sp³-hybridized carbons (Fsp3) is 0. The Labute approximate surface area is 279 Å². The van der Waals surface area contributed by atoms with E-state index >= 15 is 4.57 Å². The summed E-state index contributed by atoms with van der Waals surface area (Å²) in [6.45, 7) is 0. The van der Waals surface area contributed by atoms with Crippen molar-refractivity contribution in [1.29, 1.82) is 5.26 Å². The van der Waals surface area contributed by atoms with Crippen molar-refractivity contribution in [2.75, 3.05) is 0 Å². The topological polar surface area (TPSA) is 66.6 Å². The predicted octanol–water partition coefficient (Wildman–Crippen LogP) is 9.30. The summed E-state index contributed by atoms with van der Waals surface area (Å²) < 4.78 is 16.0. The molecule has 0 radical (unpaired) electrons. The van der Waals surface area contributed by atoms with E-state index in [0.717, 1.165) is 65.5 Å². The molecule has 0 spiro atoms. The number of benzene rings is 7. The Morgan fingerprint density at radius 2 is 0.938 bits per heavy atom. The van der Waals surface area contributed by atoms with Gasteiger partial charge >= 0.3 is 0 Å². The van der Waals surface area contributed by atoms with E-state index in [1.54, 1.807) is 6.07 Å². The lowest BCUT2D eigenvalue weighted by molar-refractivity contribution is 0.593. The molecule has 4 nitrogen and oxygen atoms in total. The SMILES string of the molecule is N#Cc1ccc2c(P(=O)(c3ccccc3)c3ccccc3)c3ccccc3c(-c3nc(-c4ccccc4)cc(-c4ccccc4)n3)c2c1. The van der Waals surface area contributed by atoms with E-state index in [1.807, 2.05) is 164 Å². The van der Waals surface area contributed by atoms with Crippen LogP contribution in [0.25, 0.3) is 55.4 Å². The van der Waals surface area contributed by atoms with Crippen molar-refractivity contribution in [3.8, 4) is 40.0 Å². The first-order valence-electron chi connectivity index (χ1n) is 15.8. The minimum Gasteiger partial charge on any atom is -0.309 e. The summed E-state index contributed by atoms with van der Waals surface area (Å²) in [6.07, 6.45) is 0. The number of nitrogens with zero attached hydrogens (tertiary/aromatic N) is 3. The lowest BCUT2D eigenvalue weighted by Gasteiger charge is -2.25. The highest BCUT2D eigenvalue weighted by molar-refractivity contribution is 7.86. The van der Waals surface area contributed by atoms with Crippen LogP contribution in [-0.2, 0) is 4.57 Å². The van der Waals surface area contributed by atoms with Gasteiger partial charge in [0.25, 0.3) is 0 Å². The molecule has 0 saturated heterocycles. The van der Waals surface area contributed by atoms with Crippen molar-refractivity contribution in [3.63, 3.8) is 0 Å². The van der Waals surface area contributed by atoms with Gasteiger partial charge < -0.3 is 4.57 Å². The van der Waals surface area contributed by atoms with Gasteiger partial charge in [0.05, 0.1) is 23.0 Å². The van der Waals surface area contributed by atoms with Gasteiger partial charge in [-0.05, 0) is 39.7 Å². The average molecular weight is 634 g/mol. The molecule has 48 heavy (non-hydrogen) atoms. The second kappa shape index (κ2) is 12.2. The van der Waals surface area contributed by atoms with E-state index < -0.39 is 7.14 Å². The molecule has 7 aromatic carbocycles. The molecule has 0 fully saturated rings. The van der Waals surface area contributed by atoms with Crippen LogP contribution in [0.3, 0.4) is 0 Å².